The van der Waals surface area contributed by atoms with Gasteiger partial charge in [-0.3, -0.25) is 14.9 Å². The zero-order valence-corrected chi connectivity index (χ0v) is 16.8. The van der Waals surface area contributed by atoms with Crippen molar-refractivity contribution in [3.05, 3.63) is 69.7 Å². The van der Waals surface area contributed by atoms with Crippen LogP contribution in [0.4, 0.5) is 21.5 Å². The van der Waals surface area contributed by atoms with E-state index in [2.05, 4.69) is 9.88 Å². The molecule has 0 radical (unpaired) electrons. The lowest BCUT2D eigenvalue weighted by Gasteiger charge is -2.38. The summed E-state index contributed by atoms with van der Waals surface area (Å²) in [6.45, 7) is 5.69. The molecule has 30 heavy (non-hydrogen) atoms. The number of rotatable bonds is 4. The first-order chi connectivity index (χ1) is 14.3. The Morgan fingerprint density at radius 2 is 1.73 bits per heavy atom. The minimum Gasteiger partial charge on any atom is -0.367 e. The van der Waals surface area contributed by atoms with Gasteiger partial charge in [0.25, 0.3) is 5.69 Å². The van der Waals surface area contributed by atoms with Gasteiger partial charge in [0.2, 0.25) is 0 Å². The number of non-ortho nitro benzene ring substituents is 1. The first kappa shape index (κ1) is 19.8. The number of halogens is 1. The summed E-state index contributed by atoms with van der Waals surface area (Å²) in [6, 6.07) is 11.5. The molecule has 1 aliphatic rings. The van der Waals surface area contributed by atoms with Crippen molar-refractivity contribution in [3.8, 4) is 0 Å². The van der Waals surface area contributed by atoms with Gasteiger partial charge in [-0.05, 0) is 38.1 Å². The van der Waals surface area contributed by atoms with E-state index in [4.69, 9.17) is 0 Å². The number of carbonyl (C=O) groups is 1. The second kappa shape index (κ2) is 7.70. The van der Waals surface area contributed by atoms with Crippen LogP contribution in [0.5, 0.6) is 0 Å². The second-order valence-corrected chi connectivity index (χ2v) is 7.41. The van der Waals surface area contributed by atoms with Gasteiger partial charge in [0.15, 0.2) is 11.3 Å². The number of hydrogen-bond acceptors (Lipinski definition) is 6. The average Bonchev–Trinajstić information content (AvgIpc) is 2.72. The Hall–Kier alpha value is -3.55. The highest BCUT2D eigenvalue weighted by atomic mass is 19.1. The molecule has 0 atom stereocenters. The molecule has 2 aromatic carbocycles. The molecule has 1 fully saturated rings. The SMILES string of the molecule is CC(=O)c1ccc(N2CCN(c3cc(C)nc4c([N+](=O)[O-])cccc34)CC2)c(F)c1. The fraction of sp³-hybridized carbons (Fsp3) is 0.273. The monoisotopic (exact) mass is 408 g/mol. The predicted molar refractivity (Wildman–Crippen MR) is 114 cm³/mol. The summed E-state index contributed by atoms with van der Waals surface area (Å²) in [7, 11) is 0. The maximum absolute atomic E-state index is 14.5. The molecule has 0 unspecified atom stereocenters. The third kappa shape index (κ3) is 3.56. The van der Waals surface area contributed by atoms with E-state index in [1.165, 1.54) is 19.1 Å². The molecule has 4 rings (SSSR count). The number of anilines is 2. The van der Waals surface area contributed by atoms with Gasteiger partial charge in [-0.2, -0.15) is 0 Å². The highest BCUT2D eigenvalue weighted by Crippen LogP contribution is 2.33. The molecule has 0 aliphatic carbocycles. The maximum atomic E-state index is 14.5. The van der Waals surface area contributed by atoms with Crippen LogP contribution in [0.2, 0.25) is 0 Å². The Balaban J connectivity index is 1.61. The summed E-state index contributed by atoms with van der Waals surface area (Å²) in [4.78, 5) is 30.9. The molecule has 0 N–H and O–H groups in total. The number of Topliss-reactive ketones (excluding diaryl/α,β-unsaturated/α-hetero) is 1. The molecule has 154 valence electrons. The number of nitro groups is 1. The minimum absolute atomic E-state index is 0.0104. The summed E-state index contributed by atoms with van der Waals surface area (Å²) >= 11 is 0. The molecule has 3 aromatic rings. The number of fused-ring (bicyclic) bond motifs is 1. The molecule has 2 heterocycles. The quantitative estimate of drug-likeness (QED) is 0.367. The molecular formula is C22H21FN4O3. The van der Waals surface area contributed by atoms with Crippen molar-refractivity contribution >= 4 is 33.7 Å². The standard InChI is InChI=1S/C22H21FN4O3/c1-14-12-21(17-4-3-5-20(27(29)30)22(17)24-14)26-10-8-25(9-11-26)19-7-6-16(15(2)28)13-18(19)23/h3-7,12-13H,8-11H2,1-2H3. The van der Waals surface area contributed by atoms with E-state index in [9.17, 15) is 19.3 Å². The van der Waals surface area contributed by atoms with Gasteiger partial charge >= 0.3 is 0 Å². The van der Waals surface area contributed by atoms with Gasteiger partial charge in [0, 0.05) is 54.6 Å². The van der Waals surface area contributed by atoms with Crippen molar-refractivity contribution in [2.24, 2.45) is 0 Å². The molecular weight excluding hydrogens is 387 g/mol. The third-order valence-electron chi connectivity index (χ3n) is 5.44. The van der Waals surface area contributed by atoms with Crippen molar-refractivity contribution in [1.29, 1.82) is 0 Å². The molecule has 7 nitrogen and oxygen atoms in total. The zero-order chi connectivity index (χ0) is 21.4. The summed E-state index contributed by atoms with van der Waals surface area (Å²) < 4.78 is 14.5. The van der Waals surface area contributed by atoms with E-state index in [0.717, 1.165) is 11.1 Å². The van der Waals surface area contributed by atoms with E-state index in [0.29, 0.717) is 48.6 Å². The Kier molecular flexibility index (Phi) is 5.07. The van der Waals surface area contributed by atoms with Gasteiger partial charge in [-0.15, -0.1) is 0 Å². The number of ketones is 1. The Morgan fingerprint density at radius 1 is 1.07 bits per heavy atom. The first-order valence-electron chi connectivity index (χ1n) is 9.70. The van der Waals surface area contributed by atoms with Gasteiger partial charge in [0.05, 0.1) is 10.6 Å². The number of hydrogen-bond donors (Lipinski definition) is 0. The topological polar surface area (TPSA) is 79.6 Å². The molecule has 1 saturated heterocycles. The normalized spacial score (nSPS) is 14.2. The fourth-order valence-corrected chi connectivity index (χ4v) is 3.92. The van der Waals surface area contributed by atoms with E-state index in [1.807, 2.05) is 24.0 Å². The van der Waals surface area contributed by atoms with Crippen LogP contribution in [0.1, 0.15) is 23.0 Å². The van der Waals surface area contributed by atoms with Gasteiger partial charge in [0.1, 0.15) is 5.82 Å². The maximum Gasteiger partial charge on any atom is 0.295 e. The van der Waals surface area contributed by atoms with Crippen molar-refractivity contribution in [2.45, 2.75) is 13.8 Å². The smallest absolute Gasteiger partial charge is 0.295 e. The summed E-state index contributed by atoms with van der Waals surface area (Å²) in [5.74, 6) is -0.573. The largest absolute Gasteiger partial charge is 0.367 e. The highest BCUT2D eigenvalue weighted by molar-refractivity contribution is 5.97. The van der Waals surface area contributed by atoms with Crippen LogP contribution in [-0.4, -0.2) is 41.9 Å². The Morgan fingerprint density at radius 3 is 2.33 bits per heavy atom. The van der Waals surface area contributed by atoms with Gasteiger partial charge < -0.3 is 9.80 Å². The molecule has 0 saturated carbocycles. The number of nitro benzene ring substituents is 1. The number of para-hydroxylation sites is 1. The number of carbonyl (C=O) groups excluding carboxylic acids is 1. The number of aromatic nitrogens is 1. The van der Waals surface area contributed by atoms with Gasteiger partial charge in [-0.1, -0.05) is 12.1 Å². The minimum atomic E-state index is -0.413. The van der Waals surface area contributed by atoms with E-state index in [1.54, 1.807) is 18.2 Å². The van der Waals surface area contributed by atoms with Gasteiger partial charge in [-0.25, -0.2) is 9.37 Å². The van der Waals surface area contributed by atoms with Crippen molar-refractivity contribution < 1.29 is 14.1 Å². The molecule has 8 heteroatoms. The van der Waals surface area contributed by atoms with Crippen LogP contribution in [0, 0.1) is 22.9 Å². The van der Waals surface area contributed by atoms with Crippen LogP contribution in [0.25, 0.3) is 10.9 Å². The Labute approximate surface area is 172 Å². The fourth-order valence-electron chi connectivity index (χ4n) is 3.92. The number of nitrogens with zero attached hydrogens (tertiary/aromatic N) is 4. The number of piperazine rings is 1. The van der Waals surface area contributed by atoms with Crippen LogP contribution in [0.15, 0.2) is 42.5 Å². The summed E-state index contributed by atoms with van der Waals surface area (Å²) in [6.07, 6.45) is 0. The number of benzene rings is 2. The Bertz CT molecular complexity index is 1160. The van der Waals surface area contributed by atoms with E-state index < -0.39 is 10.7 Å². The van der Waals surface area contributed by atoms with E-state index >= 15 is 0 Å². The lowest BCUT2D eigenvalue weighted by molar-refractivity contribution is -0.383. The van der Waals surface area contributed by atoms with E-state index in [-0.39, 0.29) is 11.5 Å². The highest BCUT2D eigenvalue weighted by Gasteiger charge is 2.23. The van der Waals surface area contributed by atoms with Crippen molar-refractivity contribution in [1.82, 2.24) is 4.98 Å². The lowest BCUT2D eigenvalue weighted by atomic mass is 10.1. The lowest BCUT2D eigenvalue weighted by Crippen LogP contribution is -2.47. The van der Waals surface area contributed by atoms with Crippen LogP contribution in [0.3, 0.4) is 0 Å². The summed E-state index contributed by atoms with van der Waals surface area (Å²) in [5.41, 5.74) is 2.81. The molecule has 0 amide bonds. The van der Waals surface area contributed by atoms with Crippen molar-refractivity contribution in [3.63, 3.8) is 0 Å². The second-order valence-electron chi connectivity index (χ2n) is 7.41. The number of aryl methyl sites for hydroxylation is 1. The van der Waals surface area contributed by atoms with Crippen LogP contribution >= 0.6 is 0 Å². The predicted octanol–water partition coefficient (Wildman–Crippen LogP) is 4.12. The third-order valence-corrected chi connectivity index (χ3v) is 5.44. The first-order valence-corrected chi connectivity index (χ1v) is 9.70. The average molecular weight is 408 g/mol. The van der Waals surface area contributed by atoms with Crippen LogP contribution in [-0.2, 0) is 0 Å². The number of pyridine rings is 1. The molecule has 1 aliphatic heterocycles. The summed E-state index contributed by atoms with van der Waals surface area (Å²) in [5, 5.41) is 12.1. The van der Waals surface area contributed by atoms with Crippen molar-refractivity contribution in [2.75, 3.05) is 36.0 Å². The molecule has 1 aromatic heterocycles. The van der Waals surface area contributed by atoms with Crippen LogP contribution < -0.4 is 9.80 Å². The molecule has 0 bridgehead atoms. The zero-order valence-electron chi connectivity index (χ0n) is 16.8. The molecule has 0 spiro atoms.